The largest absolute Gasteiger partial charge is 0.374 e. The summed E-state index contributed by atoms with van der Waals surface area (Å²) in [6, 6.07) is 13.9. The van der Waals surface area contributed by atoms with Gasteiger partial charge in [0.15, 0.2) is 0 Å². The Hall–Kier alpha value is -2.38. The quantitative estimate of drug-likeness (QED) is 0.720. The molecule has 1 fully saturated rings. The van der Waals surface area contributed by atoms with Gasteiger partial charge in [-0.2, -0.15) is 4.31 Å². The molecule has 1 unspecified atom stereocenters. The van der Waals surface area contributed by atoms with Crippen LogP contribution in [0.1, 0.15) is 38.7 Å². The molecule has 1 amide bonds. The summed E-state index contributed by atoms with van der Waals surface area (Å²) in [7, 11) is -3.46. The molecule has 1 heterocycles. The smallest absolute Gasteiger partial charge is 0.246 e. The van der Waals surface area contributed by atoms with Crippen LogP contribution in [0.5, 0.6) is 0 Å². The summed E-state index contributed by atoms with van der Waals surface area (Å²) in [5.41, 5.74) is 2.70. The molecule has 2 aromatic rings. The van der Waals surface area contributed by atoms with Crippen molar-refractivity contribution in [3.8, 4) is 0 Å². The van der Waals surface area contributed by atoms with Crippen LogP contribution in [0.2, 0.25) is 0 Å². The maximum atomic E-state index is 12.7. The molecule has 6 nitrogen and oxygen atoms in total. The lowest BCUT2D eigenvalue weighted by atomic mass is 10.1. The van der Waals surface area contributed by atoms with Crippen molar-refractivity contribution in [2.24, 2.45) is 0 Å². The number of piperidine rings is 1. The Morgan fingerprint density at radius 1 is 0.966 bits per heavy atom. The molecule has 0 aliphatic carbocycles. The minimum atomic E-state index is -3.46. The van der Waals surface area contributed by atoms with E-state index in [0.29, 0.717) is 18.8 Å². The highest BCUT2D eigenvalue weighted by Gasteiger charge is 2.25. The highest BCUT2D eigenvalue weighted by molar-refractivity contribution is 7.89. The van der Waals surface area contributed by atoms with Crippen LogP contribution < -0.4 is 10.6 Å². The van der Waals surface area contributed by atoms with Gasteiger partial charge in [0.1, 0.15) is 6.04 Å². The highest BCUT2D eigenvalue weighted by atomic mass is 32.2. The fourth-order valence-electron chi connectivity index (χ4n) is 3.37. The first-order chi connectivity index (χ1) is 13.9. The van der Waals surface area contributed by atoms with Crippen LogP contribution in [0.3, 0.4) is 0 Å². The lowest BCUT2D eigenvalue weighted by Crippen LogP contribution is -2.35. The monoisotopic (exact) mass is 415 g/mol. The van der Waals surface area contributed by atoms with E-state index >= 15 is 0 Å². The molecule has 1 saturated heterocycles. The van der Waals surface area contributed by atoms with Crippen LogP contribution in [0.15, 0.2) is 53.4 Å². The minimum Gasteiger partial charge on any atom is -0.374 e. The van der Waals surface area contributed by atoms with Crippen molar-refractivity contribution in [2.75, 3.05) is 23.7 Å². The van der Waals surface area contributed by atoms with Crippen LogP contribution in [0.4, 0.5) is 11.4 Å². The second-order valence-electron chi connectivity index (χ2n) is 7.39. The molecule has 0 spiro atoms. The van der Waals surface area contributed by atoms with Crippen molar-refractivity contribution >= 4 is 27.3 Å². The molecule has 1 atom stereocenters. The number of rotatable bonds is 7. The predicted molar refractivity (Wildman–Crippen MR) is 117 cm³/mol. The van der Waals surface area contributed by atoms with Gasteiger partial charge in [-0.15, -0.1) is 0 Å². The summed E-state index contributed by atoms with van der Waals surface area (Å²) in [5, 5.41) is 6.01. The number of hydrogen-bond donors (Lipinski definition) is 2. The van der Waals surface area contributed by atoms with Gasteiger partial charge >= 0.3 is 0 Å². The van der Waals surface area contributed by atoms with E-state index in [0.717, 1.165) is 31.4 Å². The standard InChI is InChI=1S/C22H29N3O3S/c1-3-18-7-9-19(10-8-18)23-17(2)22(26)24-20-11-13-21(14-12-20)29(27,28)25-15-5-4-6-16-25/h7-14,17,23H,3-6,15-16H2,1-2H3,(H,24,26). The van der Waals surface area contributed by atoms with E-state index < -0.39 is 16.1 Å². The molecular formula is C22H29N3O3S. The van der Waals surface area contributed by atoms with Gasteiger partial charge in [0, 0.05) is 24.5 Å². The van der Waals surface area contributed by atoms with Gasteiger partial charge in [0.25, 0.3) is 0 Å². The summed E-state index contributed by atoms with van der Waals surface area (Å²) >= 11 is 0. The summed E-state index contributed by atoms with van der Waals surface area (Å²) in [4.78, 5) is 12.7. The van der Waals surface area contributed by atoms with Gasteiger partial charge in [-0.1, -0.05) is 25.5 Å². The average molecular weight is 416 g/mol. The molecule has 7 heteroatoms. The van der Waals surface area contributed by atoms with Crippen molar-refractivity contribution in [3.63, 3.8) is 0 Å². The lowest BCUT2D eigenvalue weighted by molar-refractivity contribution is -0.116. The lowest BCUT2D eigenvalue weighted by Gasteiger charge is -2.25. The van der Waals surface area contributed by atoms with E-state index in [2.05, 4.69) is 17.6 Å². The molecule has 0 radical (unpaired) electrons. The van der Waals surface area contributed by atoms with E-state index in [4.69, 9.17) is 0 Å². The first kappa shape index (κ1) is 21.3. The molecule has 0 bridgehead atoms. The Morgan fingerprint density at radius 2 is 1.55 bits per heavy atom. The second-order valence-corrected chi connectivity index (χ2v) is 9.33. The van der Waals surface area contributed by atoms with Gasteiger partial charge < -0.3 is 10.6 Å². The number of nitrogens with zero attached hydrogens (tertiary/aromatic N) is 1. The normalized spacial score (nSPS) is 16.2. The molecule has 2 N–H and O–H groups in total. The van der Waals surface area contributed by atoms with E-state index in [-0.39, 0.29) is 10.8 Å². The molecule has 1 aliphatic rings. The highest BCUT2D eigenvalue weighted by Crippen LogP contribution is 2.22. The third-order valence-electron chi connectivity index (χ3n) is 5.21. The summed E-state index contributed by atoms with van der Waals surface area (Å²) < 4.78 is 27.0. The first-order valence-corrected chi connectivity index (χ1v) is 11.6. The Kier molecular flexibility index (Phi) is 6.92. The van der Waals surface area contributed by atoms with Gasteiger partial charge in [-0.05, 0) is 68.1 Å². The van der Waals surface area contributed by atoms with Crippen molar-refractivity contribution < 1.29 is 13.2 Å². The van der Waals surface area contributed by atoms with Crippen LogP contribution in [-0.4, -0.2) is 37.8 Å². The number of hydrogen-bond acceptors (Lipinski definition) is 4. The van der Waals surface area contributed by atoms with Crippen LogP contribution in [0.25, 0.3) is 0 Å². The number of carbonyl (C=O) groups excluding carboxylic acids is 1. The Balaban J connectivity index is 1.60. The fraction of sp³-hybridized carbons (Fsp3) is 0.409. The van der Waals surface area contributed by atoms with Crippen LogP contribution in [-0.2, 0) is 21.2 Å². The maximum Gasteiger partial charge on any atom is 0.246 e. The van der Waals surface area contributed by atoms with Crippen molar-refractivity contribution in [3.05, 3.63) is 54.1 Å². The van der Waals surface area contributed by atoms with Gasteiger partial charge in [-0.3, -0.25) is 4.79 Å². The average Bonchev–Trinajstić information content (AvgIpc) is 2.75. The van der Waals surface area contributed by atoms with Crippen molar-refractivity contribution in [2.45, 2.75) is 50.5 Å². The molecule has 0 aromatic heterocycles. The third kappa shape index (κ3) is 5.36. The molecule has 0 saturated carbocycles. The summed E-state index contributed by atoms with van der Waals surface area (Å²) in [5.74, 6) is -0.184. The number of nitrogens with one attached hydrogen (secondary N) is 2. The third-order valence-corrected chi connectivity index (χ3v) is 7.13. The number of sulfonamides is 1. The van der Waals surface area contributed by atoms with Gasteiger partial charge in [0.05, 0.1) is 4.90 Å². The topological polar surface area (TPSA) is 78.5 Å². The van der Waals surface area contributed by atoms with Crippen LogP contribution in [0, 0.1) is 0 Å². The minimum absolute atomic E-state index is 0.184. The fourth-order valence-corrected chi connectivity index (χ4v) is 4.88. The number of aryl methyl sites for hydroxylation is 1. The number of amides is 1. The van der Waals surface area contributed by atoms with Gasteiger partial charge in [0.2, 0.25) is 15.9 Å². The van der Waals surface area contributed by atoms with Crippen molar-refractivity contribution in [1.82, 2.24) is 4.31 Å². The van der Waals surface area contributed by atoms with E-state index in [1.807, 2.05) is 24.3 Å². The molecule has 29 heavy (non-hydrogen) atoms. The SMILES string of the molecule is CCc1ccc(NC(C)C(=O)Nc2ccc(S(=O)(=O)N3CCCCC3)cc2)cc1. The van der Waals surface area contributed by atoms with Gasteiger partial charge in [-0.25, -0.2) is 8.42 Å². The molecule has 1 aliphatic heterocycles. The molecular weight excluding hydrogens is 386 g/mol. The zero-order chi connectivity index (χ0) is 20.9. The first-order valence-electron chi connectivity index (χ1n) is 10.2. The molecule has 156 valence electrons. The van der Waals surface area contributed by atoms with Crippen molar-refractivity contribution in [1.29, 1.82) is 0 Å². The molecule has 3 rings (SSSR count). The summed E-state index contributed by atoms with van der Waals surface area (Å²) in [6.45, 7) is 5.03. The Morgan fingerprint density at radius 3 is 2.14 bits per heavy atom. The van der Waals surface area contributed by atoms with E-state index in [1.165, 1.54) is 5.56 Å². The predicted octanol–water partition coefficient (Wildman–Crippen LogP) is 3.86. The zero-order valence-corrected chi connectivity index (χ0v) is 17.8. The second kappa shape index (κ2) is 9.41. The molecule has 2 aromatic carbocycles. The Bertz CT molecular complexity index is 919. The Labute approximate surface area is 173 Å². The number of benzene rings is 2. The van der Waals surface area contributed by atoms with E-state index in [1.54, 1.807) is 35.5 Å². The van der Waals surface area contributed by atoms with E-state index in [9.17, 15) is 13.2 Å². The maximum absolute atomic E-state index is 12.7. The number of anilines is 2. The van der Waals surface area contributed by atoms with Crippen LogP contribution >= 0.6 is 0 Å². The summed E-state index contributed by atoms with van der Waals surface area (Å²) in [6.07, 6.45) is 3.85. The number of carbonyl (C=O) groups is 1. The zero-order valence-electron chi connectivity index (χ0n) is 17.0.